The molecule has 0 fully saturated rings. The first-order chi connectivity index (χ1) is 26.1. The lowest BCUT2D eigenvalue weighted by atomic mass is 9.79. The third-order valence-corrected chi connectivity index (χ3v) is 12.0. The van der Waals surface area contributed by atoms with E-state index in [1.807, 2.05) is 0 Å². The van der Waals surface area contributed by atoms with Gasteiger partial charge in [-0.15, -0.1) is 0 Å². The zero-order valence-electron chi connectivity index (χ0n) is 29.8. The van der Waals surface area contributed by atoms with Crippen molar-refractivity contribution < 1.29 is 0 Å². The zero-order valence-corrected chi connectivity index (χ0v) is 29.8. The maximum atomic E-state index is 2.45. The summed E-state index contributed by atoms with van der Waals surface area (Å²) in [5, 5.41) is 12.9. The Hall–Kier alpha value is -6.50. The second kappa shape index (κ2) is 11.2. The molecule has 0 aromatic heterocycles. The van der Waals surface area contributed by atoms with Gasteiger partial charge in [-0.3, -0.25) is 0 Å². The van der Waals surface area contributed by atoms with E-state index in [2.05, 4.69) is 196 Å². The van der Waals surface area contributed by atoms with E-state index >= 15 is 0 Å². The topological polar surface area (TPSA) is 0 Å². The molecule has 11 rings (SSSR count). The van der Waals surface area contributed by atoms with Crippen LogP contribution in [0.25, 0.3) is 98.4 Å². The van der Waals surface area contributed by atoms with Crippen LogP contribution in [-0.2, 0) is 5.41 Å². The van der Waals surface area contributed by atoms with Gasteiger partial charge in [0.05, 0.1) is 0 Å². The fourth-order valence-corrected chi connectivity index (χ4v) is 9.62. The lowest BCUT2D eigenvalue weighted by Crippen LogP contribution is -2.15. The van der Waals surface area contributed by atoms with Crippen LogP contribution in [0, 0.1) is 0 Å². The predicted molar refractivity (Wildman–Crippen MR) is 228 cm³/mol. The number of fused-ring (bicyclic) bond motifs is 10. The van der Waals surface area contributed by atoms with Crippen molar-refractivity contribution in [3.8, 4) is 44.5 Å². The summed E-state index contributed by atoms with van der Waals surface area (Å²) in [6, 6.07) is 67.9. The summed E-state index contributed by atoms with van der Waals surface area (Å²) in [6.45, 7) is 4.78. The van der Waals surface area contributed by atoms with Crippen LogP contribution in [-0.4, -0.2) is 0 Å². The van der Waals surface area contributed by atoms with Crippen LogP contribution in [0.15, 0.2) is 182 Å². The smallest absolute Gasteiger partial charge is 0.0165 e. The van der Waals surface area contributed by atoms with Crippen molar-refractivity contribution in [2.24, 2.45) is 0 Å². The van der Waals surface area contributed by atoms with Crippen molar-refractivity contribution in [1.29, 1.82) is 0 Å². The maximum Gasteiger partial charge on any atom is 0.0165 e. The zero-order chi connectivity index (χ0) is 35.3. The van der Waals surface area contributed by atoms with E-state index in [1.165, 1.54) is 109 Å². The Morgan fingerprint density at radius 1 is 0.302 bits per heavy atom. The number of benzene rings is 10. The summed E-state index contributed by atoms with van der Waals surface area (Å²) >= 11 is 0. The molecule has 10 aromatic rings. The van der Waals surface area contributed by atoms with Crippen LogP contribution in [0.1, 0.15) is 25.0 Å². The van der Waals surface area contributed by atoms with Gasteiger partial charge in [0.25, 0.3) is 0 Å². The molecule has 0 heterocycles. The van der Waals surface area contributed by atoms with Gasteiger partial charge in [-0.1, -0.05) is 178 Å². The van der Waals surface area contributed by atoms with Crippen LogP contribution in [0.3, 0.4) is 0 Å². The van der Waals surface area contributed by atoms with E-state index in [1.54, 1.807) is 0 Å². The molecule has 248 valence electrons. The lowest BCUT2D eigenvalue weighted by molar-refractivity contribution is 0.666. The molecule has 0 aliphatic heterocycles. The summed E-state index contributed by atoms with van der Waals surface area (Å²) in [7, 11) is 0. The molecule has 0 amide bonds. The molecule has 10 aromatic carbocycles. The molecule has 0 heteroatoms. The van der Waals surface area contributed by atoms with Crippen LogP contribution in [0.4, 0.5) is 0 Å². The summed E-state index contributed by atoms with van der Waals surface area (Å²) in [5.41, 5.74) is 13.0. The SMILES string of the molecule is CC1(C)c2cc(-c3cccc(-c4c5ccccc5c(-c5cc6ccccc6c6ccccc56)c5ccccc45)c3)ccc2-c2ccc3ccccc3c21. The highest BCUT2D eigenvalue weighted by atomic mass is 14.4. The van der Waals surface area contributed by atoms with Crippen LogP contribution in [0.5, 0.6) is 0 Å². The molecule has 0 bridgehead atoms. The predicted octanol–water partition coefficient (Wildman–Crippen LogP) is 14.8. The number of hydrogen-bond donors (Lipinski definition) is 0. The van der Waals surface area contributed by atoms with Crippen LogP contribution < -0.4 is 0 Å². The van der Waals surface area contributed by atoms with Gasteiger partial charge in [-0.25, -0.2) is 0 Å². The van der Waals surface area contributed by atoms with Gasteiger partial charge in [0.15, 0.2) is 0 Å². The van der Waals surface area contributed by atoms with Gasteiger partial charge < -0.3 is 0 Å². The second-order valence-corrected chi connectivity index (χ2v) is 15.2. The van der Waals surface area contributed by atoms with Gasteiger partial charge in [0.1, 0.15) is 0 Å². The summed E-state index contributed by atoms with van der Waals surface area (Å²) < 4.78 is 0. The van der Waals surface area contributed by atoms with Crippen molar-refractivity contribution in [1.82, 2.24) is 0 Å². The van der Waals surface area contributed by atoms with Crippen molar-refractivity contribution >= 4 is 53.9 Å². The summed E-state index contributed by atoms with van der Waals surface area (Å²) in [4.78, 5) is 0. The molecule has 0 atom stereocenters. The number of hydrogen-bond acceptors (Lipinski definition) is 0. The van der Waals surface area contributed by atoms with Gasteiger partial charge in [0.2, 0.25) is 0 Å². The van der Waals surface area contributed by atoms with Crippen LogP contribution in [0.2, 0.25) is 0 Å². The van der Waals surface area contributed by atoms with E-state index < -0.39 is 0 Å². The first-order valence-electron chi connectivity index (χ1n) is 18.7. The minimum Gasteiger partial charge on any atom is -0.0616 e. The molecule has 1 aliphatic rings. The van der Waals surface area contributed by atoms with Gasteiger partial charge in [-0.2, -0.15) is 0 Å². The average Bonchev–Trinajstić information content (AvgIpc) is 3.45. The first kappa shape index (κ1) is 30.2. The Morgan fingerprint density at radius 2 is 0.830 bits per heavy atom. The van der Waals surface area contributed by atoms with E-state index in [0.717, 1.165) is 0 Å². The first-order valence-corrected chi connectivity index (χ1v) is 18.7. The van der Waals surface area contributed by atoms with Gasteiger partial charge >= 0.3 is 0 Å². The molecule has 0 saturated carbocycles. The third kappa shape index (κ3) is 4.36. The molecular formula is C53H36. The van der Waals surface area contributed by atoms with E-state index in [9.17, 15) is 0 Å². The minimum absolute atomic E-state index is 0.103. The highest BCUT2D eigenvalue weighted by Gasteiger charge is 2.37. The largest absolute Gasteiger partial charge is 0.0616 e. The van der Waals surface area contributed by atoms with E-state index in [-0.39, 0.29) is 5.41 Å². The average molecular weight is 673 g/mol. The summed E-state index contributed by atoms with van der Waals surface area (Å²) in [5.74, 6) is 0. The van der Waals surface area contributed by atoms with Gasteiger partial charge in [-0.05, 0) is 128 Å². The molecule has 0 saturated heterocycles. The normalized spacial score (nSPS) is 13.2. The molecule has 0 spiro atoms. The number of rotatable bonds is 3. The molecule has 0 N–H and O–H groups in total. The Balaban J connectivity index is 1.12. The molecule has 53 heavy (non-hydrogen) atoms. The van der Waals surface area contributed by atoms with E-state index in [4.69, 9.17) is 0 Å². The van der Waals surface area contributed by atoms with Crippen molar-refractivity contribution in [2.75, 3.05) is 0 Å². The Morgan fingerprint density at radius 3 is 1.55 bits per heavy atom. The third-order valence-electron chi connectivity index (χ3n) is 12.0. The quantitative estimate of drug-likeness (QED) is 0.129. The Kier molecular flexibility index (Phi) is 6.40. The Labute approximate surface area is 309 Å². The van der Waals surface area contributed by atoms with Crippen molar-refractivity contribution in [3.63, 3.8) is 0 Å². The Bertz CT molecular complexity index is 3080. The highest BCUT2D eigenvalue weighted by molar-refractivity contribution is 6.25. The molecular weight excluding hydrogens is 637 g/mol. The van der Waals surface area contributed by atoms with E-state index in [0.29, 0.717) is 0 Å². The lowest BCUT2D eigenvalue weighted by Gasteiger charge is -2.23. The molecule has 0 unspecified atom stereocenters. The fraction of sp³-hybridized carbons (Fsp3) is 0.0566. The summed E-state index contributed by atoms with van der Waals surface area (Å²) in [6.07, 6.45) is 0. The van der Waals surface area contributed by atoms with Gasteiger partial charge in [0, 0.05) is 5.41 Å². The highest BCUT2D eigenvalue weighted by Crippen LogP contribution is 2.52. The monoisotopic (exact) mass is 672 g/mol. The second-order valence-electron chi connectivity index (χ2n) is 15.2. The fourth-order valence-electron chi connectivity index (χ4n) is 9.62. The molecule has 0 radical (unpaired) electrons. The van der Waals surface area contributed by atoms with Crippen LogP contribution >= 0.6 is 0 Å². The van der Waals surface area contributed by atoms with Crippen molar-refractivity contribution in [2.45, 2.75) is 19.3 Å². The standard InChI is InChI=1S/C53H36/c1-53(2)49-32-35(27-28-42(49)47-29-26-33-14-3-6-19-39(33)52(47)53)34-16-13-17-37(30-34)50-43-22-9-11-24-45(43)51(46-25-12-10-23-44(46)50)48-31-36-15-4-5-18-38(36)40-20-7-8-21-41(40)48/h3-32H,1-2H3. The maximum absolute atomic E-state index is 2.45. The van der Waals surface area contributed by atoms with Crippen molar-refractivity contribution in [3.05, 3.63) is 193 Å². The minimum atomic E-state index is -0.103. The molecule has 0 nitrogen and oxygen atoms in total. The molecule has 1 aliphatic carbocycles.